The van der Waals surface area contributed by atoms with E-state index < -0.39 is 0 Å². The van der Waals surface area contributed by atoms with Crippen molar-refractivity contribution >= 4 is 11.7 Å². The number of hydrogen-bond acceptors (Lipinski definition) is 4. The molecule has 0 saturated carbocycles. The van der Waals surface area contributed by atoms with Crippen molar-refractivity contribution in [2.75, 3.05) is 25.6 Å². The minimum Gasteiger partial charge on any atom is -0.497 e. The second-order valence-corrected chi connectivity index (χ2v) is 5.02. The third kappa shape index (κ3) is 3.85. The molecule has 0 atom stereocenters. The maximum absolute atomic E-state index is 12.0. The van der Waals surface area contributed by atoms with Crippen molar-refractivity contribution in [3.63, 3.8) is 0 Å². The van der Waals surface area contributed by atoms with E-state index in [0.717, 1.165) is 11.3 Å². The number of carbonyl (C=O) groups excluding carboxylic acids is 1. The Balaban J connectivity index is 1.56. The topological polar surface area (TPSA) is 68.8 Å². The average molecular weight is 314 g/mol. The van der Waals surface area contributed by atoms with Crippen molar-refractivity contribution in [3.8, 4) is 17.2 Å². The van der Waals surface area contributed by atoms with E-state index in [-0.39, 0.29) is 6.03 Å². The lowest BCUT2D eigenvalue weighted by atomic mass is 10.2. The molecule has 0 unspecified atom stereocenters. The molecule has 23 heavy (non-hydrogen) atoms. The van der Waals surface area contributed by atoms with Gasteiger partial charge in [-0.25, -0.2) is 4.79 Å². The fourth-order valence-corrected chi connectivity index (χ4v) is 2.26. The molecular formula is C17H18N2O4. The number of carbonyl (C=O) groups is 1. The largest absolute Gasteiger partial charge is 0.497 e. The van der Waals surface area contributed by atoms with Gasteiger partial charge in [-0.1, -0.05) is 12.1 Å². The van der Waals surface area contributed by atoms with Crippen molar-refractivity contribution in [3.05, 3.63) is 48.0 Å². The molecule has 0 aromatic heterocycles. The minimum absolute atomic E-state index is 0.284. The SMILES string of the molecule is COc1cccc(NC(=O)NCc2ccc3c(c2)OCCO3)c1. The summed E-state index contributed by atoms with van der Waals surface area (Å²) in [7, 11) is 1.58. The van der Waals surface area contributed by atoms with Crippen LogP contribution in [0.15, 0.2) is 42.5 Å². The van der Waals surface area contributed by atoms with Gasteiger partial charge in [0, 0.05) is 18.3 Å². The summed E-state index contributed by atoms with van der Waals surface area (Å²) < 4.78 is 16.1. The quantitative estimate of drug-likeness (QED) is 0.910. The van der Waals surface area contributed by atoms with Crippen molar-refractivity contribution in [2.45, 2.75) is 6.54 Å². The molecule has 0 bridgehead atoms. The fraction of sp³-hybridized carbons (Fsp3) is 0.235. The number of amides is 2. The van der Waals surface area contributed by atoms with Gasteiger partial charge in [0.05, 0.1) is 7.11 Å². The molecule has 0 saturated heterocycles. The molecule has 6 heteroatoms. The van der Waals surface area contributed by atoms with Crippen LogP contribution in [0, 0.1) is 0 Å². The normalized spacial score (nSPS) is 12.4. The van der Waals surface area contributed by atoms with Gasteiger partial charge >= 0.3 is 6.03 Å². The molecule has 2 aromatic rings. The predicted molar refractivity (Wildman–Crippen MR) is 86.3 cm³/mol. The lowest BCUT2D eigenvalue weighted by Crippen LogP contribution is -2.28. The number of ether oxygens (including phenoxy) is 3. The molecule has 0 radical (unpaired) electrons. The van der Waals surface area contributed by atoms with Crippen LogP contribution in [0.25, 0.3) is 0 Å². The molecule has 0 fully saturated rings. The molecule has 120 valence electrons. The third-order valence-electron chi connectivity index (χ3n) is 3.39. The monoisotopic (exact) mass is 314 g/mol. The second kappa shape index (κ2) is 6.91. The van der Waals surface area contributed by atoms with E-state index >= 15 is 0 Å². The van der Waals surface area contributed by atoms with Crippen LogP contribution in [0.1, 0.15) is 5.56 Å². The van der Waals surface area contributed by atoms with E-state index in [1.807, 2.05) is 30.3 Å². The first-order valence-corrected chi connectivity index (χ1v) is 7.32. The molecule has 0 spiro atoms. The molecule has 1 aliphatic rings. The van der Waals surface area contributed by atoms with Gasteiger partial charge in [0.2, 0.25) is 0 Å². The molecule has 2 aromatic carbocycles. The van der Waals surface area contributed by atoms with E-state index in [1.165, 1.54) is 0 Å². The smallest absolute Gasteiger partial charge is 0.319 e. The predicted octanol–water partition coefficient (Wildman–Crippen LogP) is 2.79. The summed E-state index contributed by atoms with van der Waals surface area (Å²) in [5.74, 6) is 2.14. The zero-order chi connectivity index (χ0) is 16.1. The van der Waals surface area contributed by atoms with Crippen LogP contribution in [0.3, 0.4) is 0 Å². The summed E-state index contributed by atoms with van der Waals surface area (Å²) in [6.07, 6.45) is 0. The van der Waals surface area contributed by atoms with Crippen molar-refractivity contribution in [1.82, 2.24) is 5.32 Å². The zero-order valence-electron chi connectivity index (χ0n) is 12.8. The summed E-state index contributed by atoms with van der Waals surface area (Å²) in [4.78, 5) is 12.0. The molecule has 1 heterocycles. The molecule has 1 aliphatic heterocycles. The van der Waals surface area contributed by atoms with Crippen LogP contribution in [0.5, 0.6) is 17.2 Å². The summed E-state index contributed by atoms with van der Waals surface area (Å²) in [6.45, 7) is 1.50. The maximum Gasteiger partial charge on any atom is 0.319 e. The highest BCUT2D eigenvalue weighted by molar-refractivity contribution is 5.89. The molecule has 3 rings (SSSR count). The number of methoxy groups -OCH3 is 1. The molecule has 6 nitrogen and oxygen atoms in total. The van der Waals surface area contributed by atoms with Crippen molar-refractivity contribution in [1.29, 1.82) is 0 Å². The van der Waals surface area contributed by atoms with E-state index in [2.05, 4.69) is 10.6 Å². The standard InChI is InChI=1S/C17H18N2O4/c1-21-14-4-2-3-13(10-14)19-17(20)18-11-12-5-6-15-16(9-12)23-8-7-22-15/h2-6,9-10H,7-8,11H2,1H3,(H2,18,19,20). The maximum atomic E-state index is 12.0. The van der Waals surface area contributed by atoms with Crippen LogP contribution < -0.4 is 24.8 Å². The lowest BCUT2D eigenvalue weighted by Gasteiger charge is -2.19. The van der Waals surface area contributed by atoms with Gasteiger partial charge in [-0.05, 0) is 29.8 Å². The second-order valence-electron chi connectivity index (χ2n) is 5.02. The average Bonchev–Trinajstić information content (AvgIpc) is 2.60. The Morgan fingerprint density at radius 2 is 1.96 bits per heavy atom. The highest BCUT2D eigenvalue weighted by atomic mass is 16.6. The van der Waals surface area contributed by atoms with Gasteiger partial charge in [0.25, 0.3) is 0 Å². The van der Waals surface area contributed by atoms with Crippen LogP contribution in [0.2, 0.25) is 0 Å². The Kier molecular flexibility index (Phi) is 4.52. The van der Waals surface area contributed by atoms with E-state index in [4.69, 9.17) is 14.2 Å². The van der Waals surface area contributed by atoms with Crippen LogP contribution in [0.4, 0.5) is 10.5 Å². The van der Waals surface area contributed by atoms with E-state index in [1.54, 1.807) is 19.2 Å². The summed E-state index contributed by atoms with van der Waals surface area (Å²) >= 11 is 0. The molecule has 0 aliphatic carbocycles. The van der Waals surface area contributed by atoms with Crippen molar-refractivity contribution < 1.29 is 19.0 Å². The number of fused-ring (bicyclic) bond motifs is 1. The number of rotatable bonds is 4. The van der Waals surface area contributed by atoms with Crippen LogP contribution >= 0.6 is 0 Å². The summed E-state index contributed by atoms with van der Waals surface area (Å²) in [5.41, 5.74) is 1.61. The van der Waals surface area contributed by atoms with Gasteiger partial charge < -0.3 is 24.8 Å². The number of benzene rings is 2. The number of hydrogen-bond donors (Lipinski definition) is 2. The fourth-order valence-electron chi connectivity index (χ4n) is 2.26. The minimum atomic E-state index is -0.284. The molecule has 2 amide bonds. The Hall–Kier alpha value is -2.89. The van der Waals surface area contributed by atoms with Crippen LogP contribution in [-0.4, -0.2) is 26.4 Å². The van der Waals surface area contributed by atoms with Gasteiger partial charge in [-0.3, -0.25) is 0 Å². The summed E-state index contributed by atoms with van der Waals surface area (Å²) in [5, 5.41) is 5.57. The van der Waals surface area contributed by atoms with Gasteiger partial charge in [-0.15, -0.1) is 0 Å². The first-order valence-electron chi connectivity index (χ1n) is 7.32. The van der Waals surface area contributed by atoms with Crippen LogP contribution in [-0.2, 0) is 6.54 Å². The third-order valence-corrected chi connectivity index (χ3v) is 3.39. The number of nitrogens with one attached hydrogen (secondary N) is 2. The Labute approximate surface area is 134 Å². The Morgan fingerprint density at radius 3 is 2.78 bits per heavy atom. The molecular weight excluding hydrogens is 296 g/mol. The highest BCUT2D eigenvalue weighted by Crippen LogP contribution is 2.30. The van der Waals surface area contributed by atoms with E-state index in [9.17, 15) is 4.79 Å². The van der Waals surface area contributed by atoms with Gasteiger partial charge in [0.15, 0.2) is 11.5 Å². The number of anilines is 1. The Morgan fingerprint density at radius 1 is 1.13 bits per heavy atom. The van der Waals surface area contributed by atoms with Crippen molar-refractivity contribution in [2.24, 2.45) is 0 Å². The zero-order valence-corrected chi connectivity index (χ0v) is 12.8. The first kappa shape index (κ1) is 15.0. The van der Waals surface area contributed by atoms with Gasteiger partial charge in [0.1, 0.15) is 19.0 Å². The number of urea groups is 1. The highest BCUT2D eigenvalue weighted by Gasteiger charge is 2.12. The first-order chi connectivity index (χ1) is 11.2. The Bertz CT molecular complexity index is 703. The van der Waals surface area contributed by atoms with Gasteiger partial charge in [-0.2, -0.15) is 0 Å². The van der Waals surface area contributed by atoms with E-state index in [0.29, 0.717) is 36.9 Å². The lowest BCUT2D eigenvalue weighted by molar-refractivity contribution is 0.171. The summed E-state index contributed by atoms with van der Waals surface area (Å²) in [6, 6.07) is 12.5. The molecule has 2 N–H and O–H groups in total.